The van der Waals surface area contributed by atoms with Gasteiger partial charge in [-0.1, -0.05) is 0 Å². The minimum atomic E-state index is 0.192. The maximum atomic E-state index is 4.44. The predicted octanol–water partition coefficient (Wildman–Crippen LogP) is 2.31. The third-order valence-corrected chi connectivity index (χ3v) is 3.41. The number of hydrogen-bond acceptors (Lipinski definition) is 5. The largest absolute Gasteiger partial charge is 0.331 e. The Morgan fingerprint density at radius 3 is 2.53 bits per heavy atom. The van der Waals surface area contributed by atoms with Crippen molar-refractivity contribution in [2.75, 3.05) is 11.4 Å². The van der Waals surface area contributed by atoms with Crippen molar-refractivity contribution in [2.24, 2.45) is 0 Å². The Balaban J connectivity index is 1.91. The molecule has 0 radical (unpaired) electrons. The van der Waals surface area contributed by atoms with Crippen LogP contribution in [0.1, 0.15) is 36.7 Å². The van der Waals surface area contributed by atoms with Crippen LogP contribution in [0.2, 0.25) is 0 Å². The zero-order chi connectivity index (χ0) is 13.1. The molecule has 0 spiro atoms. The molecule has 1 aliphatic heterocycles. The minimum absolute atomic E-state index is 0.192. The summed E-state index contributed by atoms with van der Waals surface area (Å²) in [5, 5.41) is 0. The molecule has 1 atom stereocenters. The Hall–Kier alpha value is -2.04. The molecule has 1 unspecified atom stereocenters. The van der Waals surface area contributed by atoms with E-state index >= 15 is 0 Å². The molecule has 1 saturated heterocycles. The van der Waals surface area contributed by atoms with Gasteiger partial charge in [-0.25, -0.2) is 19.9 Å². The van der Waals surface area contributed by atoms with Gasteiger partial charge in [0, 0.05) is 31.3 Å². The van der Waals surface area contributed by atoms with Crippen molar-refractivity contribution in [2.45, 2.75) is 32.2 Å². The van der Waals surface area contributed by atoms with Gasteiger partial charge in [0.05, 0.1) is 6.04 Å². The van der Waals surface area contributed by atoms with Crippen LogP contribution < -0.4 is 4.90 Å². The van der Waals surface area contributed by atoms with E-state index in [-0.39, 0.29) is 6.04 Å². The first kappa shape index (κ1) is 12.0. The highest BCUT2D eigenvalue weighted by atomic mass is 15.3. The van der Waals surface area contributed by atoms with Gasteiger partial charge >= 0.3 is 0 Å². The topological polar surface area (TPSA) is 54.8 Å². The van der Waals surface area contributed by atoms with Gasteiger partial charge in [0.1, 0.15) is 0 Å². The Kier molecular flexibility index (Phi) is 3.35. The van der Waals surface area contributed by atoms with Crippen molar-refractivity contribution in [1.29, 1.82) is 0 Å². The predicted molar refractivity (Wildman–Crippen MR) is 72.7 cm³/mol. The normalized spacial score (nSPS) is 19.4. The van der Waals surface area contributed by atoms with Gasteiger partial charge in [0.15, 0.2) is 5.82 Å². The molecule has 0 amide bonds. The standard InChI is InChI=1S/C14H17N5/c1-11-9-17-14(18-10-11)19-8-3-2-5-12(19)13-15-6-4-7-16-13/h4,6-7,9-10,12H,2-3,5,8H2,1H3. The number of nitrogens with zero attached hydrogens (tertiary/aromatic N) is 5. The molecule has 3 heterocycles. The molecule has 0 bridgehead atoms. The second-order valence-corrected chi connectivity index (χ2v) is 4.87. The molecule has 3 rings (SSSR count). The smallest absolute Gasteiger partial charge is 0.225 e. The molecule has 1 fully saturated rings. The van der Waals surface area contributed by atoms with E-state index in [1.165, 1.54) is 12.8 Å². The van der Waals surface area contributed by atoms with Crippen LogP contribution in [0.15, 0.2) is 30.9 Å². The lowest BCUT2D eigenvalue weighted by Crippen LogP contribution is -2.35. The van der Waals surface area contributed by atoms with E-state index in [9.17, 15) is 0 Å². The van der Waals surface area contributed by atoms with Crippen molar-refractivity contribution in [3.05, 3.63) is 42.2 Å². The quantitative estimate of drug-likeness (QED) is 0.824. The molecule has 2 aromatic rings. The Morgan fingerprint density at radius 2 is 1.79 bits per heavy atom. The lowest BCUT2D eigenvalue weighted by atomic mass is 10.0. The third-order valence-electron chi connectivity index (χ3n) is 3.41. The van der Waals surface area contributed by atoms with Gasteiger partial charge in [0.25, 0.3) is 0 Å². The van der Waals surface area contributed by atoms with E-state index < -0.39 is 0 Å². The summed E-state index contributed by atoms with van der Waals surface area (Å²) < 4.78 is 0. The highest BCUT2D eigenvalue weighted by Gasteiger charge is 2.27. The van der Waals surface area contributed by atoms with Gasteiger partial charge in [-0.3, -0.25) is 0 Å². The summed E-state index contributed by atoms with van der Waals surface area (Å²) in [5.74, 6) is 1.65. The molecule has 19 heavy (non-hydrogen) atoms. The van der Waals surface area contributed by atoms with E-state index in [4.69, 9.17) is 0 Å². The van der Waals surface area contributed by atoms with Crippen LogP contribution >= 0.6 is 0 Å². The fourth-order valence-corrected chi connectivity index (χ4v) is 2.46. The monoisotopic (exact) mass is 255 g/mol. The summed E-state index contributed by atoms with van der Waals surface area (Å²) in [4.78, 5) is 19.9. The van der Waals surface area contributed by atoms with Crippen LogP contribution in [0.3, 0.4) is 0 Å². The minimum Gasteiger partial charge on any atom is -0.331 e. The SMILES string of the molecule is Cc1cnc(N2CCCCC2c2ncccn2)nc1. The lowest BCUT2D eigenvalue weighted by Gasteiger charge is -2.34. The number of hydrogen-bond donors (Lipinski definition) is 0. The molecular formula is C14H17N5. The lowest BCUT2D eigenvalue weighted by molar-refractivity contribution is 0.449. The Bertz CT molecular complexity index is 525. The second-order valence-electron chi connectivity index (χ2n) is 4.87. The molecule has 5 nitrogen and oxygen atoms in total. The molecule has 98 valence electrons. The first-order valence-electron chi connectivity index (χ1n) is 6.67. The zero-order valence-electron chi connectivity index (χ0n) is 11.0. The first-order chi connectivity index (χ1) is 9.34. The number of piperidine rings is 1. The van der Waals surface area contributed by atoms with E-state index in [1.807, 2.05) is 25.4 Å². The van der Waals surface area contributed by atoms with Gasteiger partial charge in [-0.05, 0) is 37.8 Å². The fourth-order valence-electron chi connectivity index (χ4n) is 2.46. The first-order valence-corrected chi connectivity index (χ1v) is 6.67. The Morgan fingerprint density at radius 1 is 1.05 bits per heavy atom. The molecular weight excluding hydrogens is 238 g/mol. The van der Waals surface area contributed by atoms with Crippen LogP contribution in [0.25, 0.3) is 0 Å². The Labute approximate surface area is 112 Å². The summed E-state index contributed by atoms with van der Waals surface area (Å²) in [6.07, 6.45) is 10.7. The van der Waals surface area contributed by atoms with Gasteiger partial charge < -0.3 is 4.90 Å². The molecule has 0 aliphatic carbocycles. The zero-order valence-corrected chi connectivity index (χ0v) is 11.0. The number of aromatic nitrogens is 4. The van der Waals surface area contributed by atoms with Crippen molar-refractivity contribution >= 4 is 5.95 Å². The van der Waals surface area contributed by atoms with Crippen LogP contribution in [0.4, 0.5) is 5.95 Å². The fraction of sp³-hybridized carbons (Fsp3) is 0.429. The summed E-state index contributed by atoms with van der Waals surface area (Å²) in [6, 6.07) is 2.04. The van der Waals surface area contributed by atoms with Crippen molar-refractivity contribution in [3.63, 3.8) is 0 Å². The van der Waals surface area contributed by atoms with Crippen molar-refractivity contribution < 1.29 is 0 Å². The molecule has 0 saturated carbocycles. The molecule has 1 aliphatic rings. The van der Waals surface area contributed by atoms with Gasteiger partial charge in [-0.15, -0.1) is 0 Å². The molecule has 5 heteroatoms. The van der Waals surface area contributed by atoms with Crippen molar-refractivity contribution in [3.8, 4) is 0 Å². The average molecular weight is 255 g/mol. The number of aryl methyl sites for hydroxylation is 1. The number of anilines is 1. The van der Waals surface area contributed by atoms with E-state index in [0.29, 0.717) is 0 Å². The third kappa shape index (κ3) is 2.54. The average Bonchev–Trinajstić information content (AvgIpc) is 2.49. The van der Waals surface area contributed by atoms with Gasteiger partial charge in [-0.2, -0.15) is 0 Å². The maximum Gasteiger partial charge on any atom is 0.225 e. The highest BCUT2D eigenvalue weighted by molar-refractivity contribution is 5.34. The van der Waals surface area contributed by atoms with E-state index in [0.717, 1.165) is 30.3 Å². The van der Waals surface area contributed by atoms with Crippen LogP contribution in [0, 0.1) is 6.92 Å². The molecule has 0 N–H and O–H groups in total. The summed E-state index contributed by atoms with van der Waals surface area (Å²) >= 11 is 0. The van der Waals surface area contributed by atoms with Crippen LogP contribution in [-0.2, 0) is 0 Å². The van der Waals surface area contributed by atoms with Gasteiger partial charge in [0.2, 0.25) is 5.95 Å². The highest BCUT2D eigenvalue weighted by Crippen LogP contribution is 2.31. The van der Waals surface area contributed by atoms with Crippen LogP contribution in [0.5, 0.6) is 0 Å². The second kappa shape index (κ2) is 5.30. The maximum absolute atomic E-state index is 4.44. The molecule has 0 aromatic carbocycles. The summed E-state index contributed by atoms with van der Waals surface area (Å²) in [5.41, 5.74) is 1.08. The summed E-state index contributed by atoms with van der Waals surface area (Å²) in [7, 11) is 0. The number of rotatable bonds is 2. The summed E-state index contributed by atoms with van der Waals surface area (Å²) in [6.45, 7) is 2.96. The van der Waals surface area contributed by atoms with Crippen LogP contribution in [-0.4, -0.2) is 26.5 Å². The van der Waals surface area contributed by atoms with E-state index in [1.54, 1.807) is 12.4 Å². The molecule has 2 aromatic heterocycles. The van der Waals surface area contributed by atoms with E-state index in [2.05, 4.69) is 24.8 Å². The van der Waals surface area contributed by atoms with Crippen molar-refractivity contribution in [1.82, 2.24) is 19.9 Å².